The van der Waals surface area contributed by atoms with E-state index in [4.69, 9.17) is 5.84 Å². The predicted molar refractivity (Wildman–Crippen MR) is 67.1 cm³/mol. The van der Waals surface area contributed by atoms with Crippen molar-refractivity contribution in [3.63, 3.8) is 0 Å². The fourth-order valence-electron chi connectivity index (χ4n) is 1.55. The number of aryl methyl sites for hydroxylation is 1. The van der Waals surface area contributed by atoms with Crippen LogP contribution in [0.15, 0.2) is 29.0 Å². The van der Waals surface area contributed by atoms with E-state index < -0.39 is 0 Å². The van der Waals surface area contributed by atoms with Gasteiger partial charge >= 0.3 is 0 Å². The lowest BCUT2D eigenvalue weighted by atomic mass is 10.1. The molecule has 2 nitrogen and oxygen atoms in total. The van der Waals surface area contributed by atoms with Gasteiger partial charge in [0.25, 0.3) is 0 Å². The molecule has 0 aromatic carbocycles. The molecule has 1 atom stereocenters. The highest BCUT2D eigenvalue weighted by Gasteiger charge is 2.12. The van der Waals surface area contributed by atoms with Crippen LogP contribution in [0.1, 0.15) is 21.4 Å². The van der Waals surface area contributed by atoms with Gasteiger partial charge < -0.3 is 0 Å². The highest BCUT2D eigenvalue weighted by molar-refractivity contribution is 7.10. The standard InChI is InChI=1S/C11H14N2S2/c1-8-5-9(7-15-8)11(13-12)6-10-3-2-4-14-10/h2-5,7,11,13H,6,12H2,1H3. The summed E-state index contributed by atoms with van der Waals surface area (Å²) >= 11 is 3.54. The van der Waals surface area contributed by atoms with Gasteiger partial charge in [-0.3, -0.25) is 11.3 Å². The number of rotatable bonds is 4. The zero-order chi connectivity index (χ0) is 10.7. The van der Waals surface area contributed by atoms with E-state index in [1.54, 1.807) is 22.7 Å². The summed E-state index contributed by atoms with van der Waals surface area (Å²) in [7, 11) is 0. The van der Waals surface area contributed by atoms with Crippen LogP contribution >= 0.6 is 22.7 Å². The van der Waals surface area contributed by atoms with Gasteiger partial charge in [0.1, 0.15) is 0 Å². The highest BCUT2D eigenvalue weighted by Crippen LogP contribution is 2.24. The Morgan fingerprint density at radius 3 is 2.87 bits per heavy atom. The molecule has 0 spiro atoms. The molecule has 0 fully saturated rings. The highest BCUT2D eigenvalue weighted by atomic mass is 32.1. The Hall–Kier alpha value is -0.680. The first-order valence-corrected chi connectivity index (χ1v) is 6.59. The number of hydrazine groups is 1. The Kier molecular flexibility index (Phi) is 3.53. The molecule has 15 heavy (non-hydrogen) atoms. The summed E-state index contributed by atoms with van der Waals surface area (Å²) in [5, 5.41) is 4.27. The molecule has 80 valence electrons. The van der Waals surface area contributed by atoms with Crippen LogP contribution in [0, 0.1) is 6.92 Å². The van der Waals surface area contributed by atoms with Gasteiger partial charge in [0.05, 0.1) is 6.04 Å². The van der Waals surface area contributed by atoms with E-state index in [0.717, 1.165) is 6.42 Å². The summed E-state index contributed by atoms with van der Waals surface area (Å²) in [5.74, 6) is 5.59. The second-order valence-electron chi connectivity index (χ2n) is 3.49. The number of nitrogens with one attached hydrogen (secondary N) is 1. The van der Waals surface area contributed by atoms with Crippen molar-refractivity contribution in [3.05, 3.63) is 44.3 Å². The average Bonchev–Trinajstić information content (AvgIpc) is 2.85. The van der Waals surface area contributed by atoms with Crippen molar-refractivity contribution in [2.45, 2.75) is 19.4 Å². The molecule has 0 saturated heterocycles. The van der Waals surface area contributed by atoms with Crippen LogP contribution in [-0.2, 0) is 6.42 Å². The van der Waals surface area contributed by atoms with Crippen LogP contribution in [0.5, 0.6) is 0 Å². The summed E-state index contributed by atoms with van der Waals surface area (Å²) in [4.78, 5) is 2.69. The summed E-state index contributed by atoms with van der Waals surface area (Å²) in [6.45, 7) is 2.12. The molecule has 2 heterocycles. The van der Waals surface area contributed by atoms with Crippen LogP contribution in [-0.4, -0.2) is 0 Å². The van der Waals surface area contributed by atoms with Crippen molar-refractivity contribution in [2.75, 3.05) is 0 Å². The maximum absolute atomic E-state index is 5.59. The van der Waals surface area contributed by atoms with Crippen LogP contribution in [0.3, 0.4) is 0 Å². The van der Waals surface area contributed by atoms with Gasteiger partial charge in [-0.25, -0.2) is 0 Å². The minimum atomic E-state index is 0.230. The fourth-order valence-corrected chi connectivity index (χ4v) is 3.06. The Labute approximate surface area is 97.7 Å². The fraction of sp³-hybridized carbons (Fsp3) is 0.273. The van der Waals surface area contributed by atoms with E-state index in [9.17, 15) is 0 Å². The smallest absolute Gasteiger partial charge is 0.0516 e. The Bertz CT molecular complexity index is 406. The topological polar surface area (TPSA) is 38.0 Å². The van der Waals surface area contributed by atoms with Crippen LogP contribution in [0.2, 0.25) is 0 Å². The van der Waals surface area contributed by atoms with Gasteiger partial charge in [0.2, 0.25) is 0 Å². The summed E-state index contributed by atoms with van der Waals surface area (Å²) in [6, 6.07) is 6.65. The average molecular weight is 238 g/mol. The molecule has 2 aromatic rings. The van der Waals surface area contributed by atoms with Crippen LogP contribution < -0.4 is 11.3 Å². The maximum atomic E-state index is 5.59. The van der Waals surface area contributed by atoms with Crippen molar-refractivity contribution in [3.8, 4) is 0 Å². The van der Waals surface area contributed by atoms with E-state index >= 15 is 0 Å². The Morgan fingerprint density at radius 2 is 2.33 bits per heavy atom. The third kappa shape index (κ3) is 2.66. The third-order valence-electron chi connectivity index (χ3n) is 2.34. The lowest BCUT2D eigenvalue weighted by molar-refractivity contribution is 0.557. The maximum Gasteiger partial charge on any atom is 0.0516 e. The molecule has 3 N–H and O–H groups in total. The molecule has 0 saturated carbocycles. The molecule has 1 unspecified atom stereocenters. The van der Waals surface area contributed by atoms with Crippen LogP contribution in [0.25, 0.3) is 0 Å². The quantitative estimate of drug-likeness (QED) is 0.635. The number of nitrogens with two attached hydrogens (primary N) is 1. The van der Waals surface area contributed by atoms with Crippen molar-refractivity contribution in [1.82, 2.24) is 5.43 Å². The van der Waals surface area contributed by atoms with Crippen molar-refractivity contribution < 1.29 is 0 Å². The number of hydrogen-bond donors (Lipinski definition) is 2. The normalized spacial score (nSPS) is 12.9. The van der Waals surface area contributed by atoms with E-state index in [2.05, 4.69) is 41.3 Å². The Morgan fingerprint density at radius 1 is 1.47 bits per heavy atom. The van der Waals surface area contributed by atoms with Gasteiger partial charge in [-0.05, 0) is 35.4 Å². The van der Waals surface area contributed by atoms with E-state index in [1.807, 2.05) is 0 Å². The second kappa shape index (κ2) is 4.90. The molecule has 0 radical (unpaired) electrons. The number of thiophene rings is 2. The SMILES string of the molecule is Cc1cc(C(Cc2cccs2)NN)cs1. The minimum Gasteiger partial charge on any atom is -0.271 e. The zero-order valence-electron chi connectivity index (χ0n) is 8.57. The lowest BCUT2D eigenvalue weighted by Crippen LogP contribution is -2.29. The zero-order valence-corrected chi connectivity index (χ0v) is 10.2. The Balaban J connectivity index is 2.11. The van der Waals surface area contributed by atoms with Crippen molar-refractivity contribution in [2.24, 2.45) is 5.84 Å². The first kappa shape index (κ1) is 10.8. The van der Waals surface area contributed by atoms with Gasteiger partial charge in [0, 0.05) is 16.2 Å². The molecule has 0 aliphatic carbocycles. The molecule has 4 heteroatoms. The minimum absolute atomic E-state index is 0.230. The number of hydrogen-bond acceptors (Lipinski definition) is 4. The third-order valence-corrected chi connectivity index (χ3v) is 4.12. The van der Waals surface area contributed by atoms with Gasteiger partial charge in [0.15, 0.2) is 0 Å². The van der Waals surface area contributed by atoms with E-state index in [0.29, 0.717) is 0 Å². The molecular weight excluding hydrogens is 224 g/mol. The summed E-state index contributed by atoms with van der Waals surface area (Å²) < 4.78 is 0. The van der Waals surface area contributed by atoms with Crippen molar-refractivity contribution >= 4 is 22.7 Å². The molecule has 0 bridgehead atoms. The molecule has 0 aliphatic heterocycles. The predicted octanol–water partition coefficient (Wildman–Crippen LogP) is 2.87. The van der Waals surface area contributed by atoms with Crippen molar-refractivity contribution in [1.29, 1.82) is 0 Å². The van der Waals surface area contributed by atoms with Gasteiger partial charge in [-0.2, -0.15) is 0 Å². The molecule has 2 rings (SSSR count). The summed E-state index contributed by atoms with van der Waals surface area (Å²) in [5.41, 5.74) is 4.17. The largest absolute Gasteiger partial charge is 0.271 e. The first-order valence-electron chi connectivity index (χ1n) is 4.83. The second-order valence-corrected chi connectivity index (χ2v) is 5.64. The van der Waals surface area contributed by atoms with E-state index in [1.165, 1.54) is 15.3 Å². The molecule has 2 aromatic heterocycles. The lowest BCUT2D eigenvalue weighted by Gasteiger charge is -2.13. The van der Waals surface area contributed by atoms with Gasteiger partial charge in [-0.15, -0.1) is 22.7 Å². The van der Waals surface area contributed by atoms with Gasteiger partial charge in [-0.1, -0.05) is 6.07 Å². The summed E-state index contributed by atoms with van der Waals surface area (Å²) in [6.07, 6.45) is 0.963. The monoisotopic (exact) mass is 238 g/mol. The van der Waals surface area contributed by atoms with E-state index in [-0.39, 0.29) is 6.04 Å². The first-order chi connectivity index (χ1) is 7.29. The molecule has 0 aliphatic rings. The molecule has 0 amide bonds. The van der Waals surface area contributed by atoms with Crippen LogP contribution in [0.4, 0.5) is 0 Å². The molecular formula is C11H14N2S2.